The van der Waals surface area contributed by atoms with E-state index >= 15 is 0 Å². The second-order valence-corrected chi connectivity index (χ2v) is 3.45. The molecule has 72 valence electrons. The van der Waals surface area contributed by atoms with Crippen LogP contribution >= 0.6 is 0 Å². The van der Waals surface area contributed by atoms with Crippen molar-refractivity contribution in [1.29, 1.82) is 0 Å². The predicted octanol–water partition coefficient (Wildman–Crippen LogP) is 1.72. The molecule has 0 unspecified atom stereocenters. The third-order valence-corrected chi connectivity index (χ3v) is 2.03. The highest BCUT2D eigenvalue weighted by atomic mass is 16.3. The Morgan fingerprint density at radius 3 is 2.15 bits per heavy atom. The van der Waals surface area contributed by atoms with Crippen molar-refractivity contribution >= 4 is 0 Å². The van der Waals surface area contributed by atoms with Crippen LogP contribution in [0.15, 0.2) is 18.2 Å². The molecule has 0 radical (unpaired) electrons. The van der Waals surface area contributed by atoms with E-state index in [-0.39, 0.29) is 6.61 Å². The zero-order valence-corrected chi connectivity index (χ0v) is 8.12. The van der Waals surface area contributed by atoms with Crippen molar-refractivity contribution in [1.82, 2.24) is 0 Å². The maximum atomic E-state index is 9.61. The number of hydrogen-bond donors (Lipinski definition) is 2. The lowest BCUT2D eigenvalue weighted by molar-refractivity contribution is 0.134. The summed E-state index contributed by atoms with van der Waals surface area (Å²) in [5.41, 5.74) is 3.19. The molecule has 0 saturated carbocycles. The van der Waals surface area contributed by atoms with Gasteiger partial charge in [0, 0.05) is 13.0 Å². The van der Waals surface area contributed by atoms with Gasteiger partial charge in [0.25, 0.3) is 0 Å². The summed E-state index contributed by atoms with van der Waals surface area (Å²) in [5, 5.41) is 18.3. The van der Waals surface area contributed by atoms with Crippen LogP contribution in [-0.2, 0) is 0 Å². The molecule has 0 amide bonds. The lowest BCUT2D eigenvalue weighted by Crippen LogP contribution is -2.00. The smallest absolute Gasteiger partial charge is 0.0812 e. The topological polar surface area (TPSA) is 40.5 Å². The van der Waals surface area contributed by atoms with Gasteiger partial charge in [0.15, 0.2) is 0 Å². The number of benzene rings is 1. The number of rotatable bonds is 3. The van der Waals surface area contributed by atoms with E-state index in [1.165, 1.54) is 0 Å². The summed E-state index contributed by atoms with van der Waals surface area (Å²) in [7, 11) is 0. The molecular weight excluding hydrogens is 164 g/mol. The summed E-state index contributed by atoms with van der Waals surface area (Å²) in [5.74, 6) is 0. The first-order valence-corrected chi connectivity index (χ1v) is 4.50. The summed E-state index contributed by atoms with van der Waals surface area (Å²) in [6.07, 6.45) is -0.133. The van der Waals surface area contributed by atoms with Crippen LogP contribution in [0.25, 0.3) is 0 Å². The van der Waals surface area contributed by atoms with Gasteiger partial charge in [0.05, 0.1) is 6.10 Å². The Kier molecular flexibility index (Phi) is 3.46. The van der Waals surface area contributed by atoms with Crippen LogP contribution in [0.5, 0.6) is 0 Å². The molecule has 13 heavy (non-hydrogen) atoms. The van der Waals surface area contributed by atoms with E-state index in [1.807, 2.05) is 26.0 Å². The molecule has 0 aliphatic carbocycles. The van der Waals surface area contributed by atoms with Crippen molar-refractivity contribution in [2.45, 2.75) is 26.4 Å². The highest BCUT2D eigenvalue weighted by Crippen LogP contribution is 2.19. The molecule has 0 saturated heterocycles. The third-order valence-electron chi connectivity index (χ3n) is 2.03. The van der Waals surface area contributed by atoms with Crippen LogP contribution in [-0.4, -0.2) is 16.8 Å². The second kappa shape index (κ2) is 4.40. The van der Waals surface area contributed by atoms with Gasteiger partial charge in [-0.05, 0) is 19.4 Å². The van der Waals surface area contributed by atoms with Crippen LogP contribution in [0.1, 0.15) is 29.2 Å². The van der Waals surface area contributed by atoms with Crippen molar-refractivity contribution in [2.24, 2.45) is 0 Å². The Labute approximate surface area is 78.8 Å². The average molecular weight is 180 g/mol. The first kappa shape index (κ1) is 10.2. The first-order chi connectivity index (χ1) is 6.13. The molecule has 1 rings (SSSR count). The minimum atomic E-state index is -0.538. The molecular formula is C11H16O2. The monoisotopic (exact) mass is 180 g/mol. The zero-order valence-electron chi connectivity index (χ0n) is 8.12. The molecule has 0 spiro atoms. The van der Waals surface area contributed by atoms with Gasteiger partial charge in [-0.25, -0.2) is 0 Å². The summed E-state index contributed by atoms with van der Waals surface area (Å²) in [6, 6.07) is 5.97. The van der Waals surface area contributed by atoms with Crippen molar-refractivity contribution in [3.8, 4) is 0 Å². The van der Waals surface area contributed by atoms with Crippen LogP contribution in [0.2, 0.25) is 0 Å². The van der Waals surface area contributed by atoms with Crippen LogP contribution in [0, 0.1) is 13.8 Å². The molecule has 0 aromatic heterocycles. The fourth-order valence-electron chi connectivity index (χ4n) is 1.49. The van der Waals surface area contributed by atoms with E-state index in [2.05, 4.69) is 6.07 Å². The normalized spacial score (nSPS) is 12.9. The van der Waals surface area contributed by atoms with Crippen LogP contribution < -0.4 is 0 Å². The molecule has 0 fully saturated rings. The van der Waals surface area contributed by atoms with Gasteiger partial charge >= 0.3 is 0 Å². The highest BCUT2D eigenvalue weighted by Gasteiger charge is 2.06. The van der Waals surface area contributed by atoms with Gasteiger partial charge in [-0.15, -0.1) is 0 Å². The largest absolute Gasteiger partial charge is 0.396 e. The maximum Gasteiger partial charge on any atom is 0.0812 e. The molecule has 2 N–H and O–H groups in total. The van der Waals surface area contributed by atoms with Crippen molar-refractivity contribution in [2.75, 3.05) is 6.61 Å². The molecule has 0 aliphatic heterocycles. The Bertz CT molecular complexity index is 261. The Morgan fingerprint density at radius 2 is 1.69 bits per heavy atom. The first-order valence-electron chi connectivity index (χ1n) is 4.50. The summed E-state index contributed by atoms with van der Waals surface area (Å²) in [4.78, 5) is 0. The SMILES string of the molecule is Cc1cc(C)cc([C@H](O)CCO)c1. The van der Waals surface area contributed by atoms with Gasteiger partial charge in [-0.3, -0.25) is 0 Å². The summed E-state index contributed by atoms with van der Waals surface area (Å²) >= 11 is 0. The Morgan fingerprint density at radius 1 is 1.15 bits per heavy atom. The van der Waals surface area contributed by atoms with Crippen LogP contribution in [0.3, 0.4) is 0 Å². The molecule has 1 atom stereocenters. The van der Waals surface area contributed by atoms with E-state index in [0.29, 0.717) is 6.42 Å². The van der Waals surface area contributed by atoms with Crippen LogP contribution in [0.4, 0.5) is 0 Å². The van der Waals surface area contributed by atoms with E-state index < -0.39 is 6.10 Å². The van der Waals surface area contributed by atoms with Gasteiger partial charge in [-0.1, -0.05) is 29.3 Å². The predicted molar refractivity (Wildman–Crippen MR) is 52.6 cm³/mol. The lowest BCUT2D eigenvalue weighted by Gasteiger charge is -2.10. The minimum Gasteiger partial charge on any atom is -0.396 e. The molecule has 2 heteroatoms. The number of aliphatic hydroxyl groups is 2. The van der Waals surface area contributed by atoms with E-state index in [1.54, 1.807) is 0 Å². The lowest BCUT2D eigenvalue weighted by atomic mass is 10.0. The van der Waals surface area contributed by atoms with Gasteiger partial charge < -0.3 is 10.2 Å². The van der Waals surface area contributed by atoms with Crippen molar-refractivity contribution in [3.05, 3.63) is 34.9 Å². The highest BCUT2D eigenvalue weighted by molar-refractivity contribution is 5.29. The standard InChI is InChI=1S/C11H16O2/c1-8-5-9(2)7-10(6-8)11(13)3-4-12/h5-7,11-13H,3-4H2,1-2H3/t11-/m1/s1. The third kappa shape index (κ3) is 2.83. The van der Waals surface area contributed by atoms with Gasteiger partial charge in [-0.2, -0.15) is 0 Å². The number of aryl methyl sites for hydroxylation is 2. The van der Waals surface area contributed by atoms with Gasteiger partial charge in [0.1, 0.15) is 0 Å². The quantitative estimate of drug-likeness (QED) is 0.743. The molecule has 1 aromatic rings. The van der Waals surface area contributed by atoms with Crippen molar-refractivity contribution < 1.29 is 10.2 Å². The second-order valence-electron chi connectivity index (χ2n) is 3.45. The molecule has 0 bridgehead atoms. The fourth-order valence-corrected chi connectivity index (χ4v) is 1.49. The van der Waals surface area contributed by atoms with E-state index in [4.69, 9.17) is 5.11 Å². The van der Waals surface area contributed by atoms with E-state index in [9.17, 15) is 5.11 Å². The van der Waals surface area contributed by atoms with Crippen molar-refractivity contribution in [3.63, 3.8) is 0 Å². The molecule has 2 nitrogen and oxygen atoms in total. The minimum absolute atomic E-state index is 0.0220. The van der Waals surface area contributed by atoms with Gasteiger partial charge in [0.2, 0.25) is 0 Å². The fraction of sp³-hybridized carbons (Fsp3) is 0.455. The summed E-state index contributed by atoms with van der Waals surface area (Å²) in [6.45, 7) is 4.03. The van der Waals surface area contributed by atoms with E-state index in [0.717, 1.165) is 16.7 Å². The summed E-state index contributed by atoms with van der Waals surface area (Å²) < 4.78 is 0. The Hall–Kier alpha value is -0.860. The number of aliphatic hydroxyl groups excluding tert-OH is 2. The molecule has 1 aromatic carbocycles. The zero-order chi connectivity index (χ0) is 9.84. The number of hydrogen-bond acceptors (Lipinski definition) is 2. The Balaban J connectivity index is 2.87. The maximum absolute atomic E-state index is 9.61. The average Bonchev–Trinajstić information content (AvgIpc) is 2.03. The molecule has 0 heterocycles. The molecule has 0 aliphatic rings.